The van der Waals surface area contributed by atoms with Crippen LogP contribution in [0.15, 0.2) is 95.9 Å². The summed E-state index contributed by atoms with van der Waals surface area (Å²) in [5.41, 5.74) is 9.88. The summed E-state index contributed by atoms with van der Waals surface area (Å²) in [6.07, 6.45) is 0.927. The van der Waals surface area contributed by atoms with Crippen molar-refractivity contribution in [2.75, 3.05) is 0 Å². The Morgan fingerprint density at radius 1 is 0.750 bits per heavy atom. The molecule has 5 rings (SSSR count). The number of rotatable bonds is 9. The first-order valence-corrected chi connectivity index (χ1v) is 20.1. The molecule has 2 nitrogen and oxygen atoms in total. The lowest BCUT2D eigenvalue weighted by molar-refractivity contribution is 0.489. The van der Waals surface area contributed by atoms with E-state index >= 15 is 0 Å². The average Bonchev–Trinajstić information content (AvgIpc) is 3.36. The maximum atomic E-state index is 6.69. The zero-order valence-corrected chi connectivity index (χ0v) is 30.2. The van der Waals surface area contributed by atoms with Crippen molar-refractivity contribution in [1.82, 2.24) is 4.98 Å². The molecular weight excluding hydrogens is 591 g/mol. The van der Waals surface area contributed by atoms with E-state index in [0.717, 1.165) is 22.9 Å². The second-order valence-electron chi connectivity index (χ2n) is 13.5. The highest BCUT2D eigenvalue weighted by atomic mass is 32.2. The summed E-state index contributed by atoms with van der Waals surface area (Å²) in [6.45, 7) is 20.1. The molecule has 0 saturated carbocycles. The van der Waals surface area contributed by atoms with E-state index in [1.54, 1.807) is 0 Å². The molecule has 1 unspecified atom stereocenters. The fourth-order valence-corrected chi connectivity index (χ4v) is 8.61. The lowest BCUT2D eigenvalue weighted by Crippen LogP contribution is -2.44. The Morgan fingerprint density at radius 3 is 1.84 bits per heavy atom. The Hall–Kier alpha value is -3.12. The molecule has 44 heavy (non-hydrogen) atoms. The van der Waals surface area contributed by atoms with Crippen LogP contribution < -0.4 is 4.43 Å². The van der Waals surface area contributed by atoms with Crippen molar-refractivity contribution in [1.29, 1.82) is 0 Å². The summed E-state index contributed by atoms with van der Waals surface area (Å²) in [4.78, 5) is 7.66. The molecule has 0 spiro atoms. The van der Waals surface area contributed by atoms with Crippen LogP contribution in [-0.2, 0) is 6.42 Å². The SMILES string of the molecule is Cc1ccc(-c2ccc(CC(Sc3ccc(O[Si](C)(C)C(C)(C)C)c(C)c3)c3sc(-c4ccc(C)cc4)nc3C)cc2)cc1. The number of aromatic nitrogens is 1. The maximum Gasteiger partial charge on any atom is 0.250 e. The molecule has 5 heteroatoms. The smallest absolute Gasteiger partial charge is 0.250 e. The molecule has 228 valence electrons. The Labute approximate surface area is 274 Å². The highest BCUT2D eigenvalue weighted by molar-refractivity contribution is 7.99. The molecule has 0 aliphatic heterocycles. The van der Waals surface area contributed by atoms with E-state index in [1.165, 1.54) is 48.7 Å². The van der Waals surface area contributed by atoms with Gasteiger partial charge in [-0.15, -0.1) is 23.1 Å². The Kier molecular flexibility index (Phi) is 9.60. The summed E-state index contributed by atoms with van der Waals surface area (Å²) in [5.74, 6) is 1.01. The summed E-state index contributed by atoms with van der Waals surface area (Å²) in [6, 6.07) is 33.3. The first-order chi connectivity index (χ1) is 20.8. The van der Waals surface area contributed by atoms with Crippen molar-refractivity contribution in [2.45, 2.75) is 83.2 Å². The van der Waals surface area contributed by atoms with Crippen LogP contribution in [0.2, 0.25) is 18.1 Å². The van der Waals surface area contributed by atoms with Gasteiger partial charge in [-0.2, -0.15) is 0 Å². The minimum absolute atomic E-state index is 0.159. The van der Waals surface area contributed by atoms with Crippen LogP contribution >= 0.6 is 23.1 Å². The molecular formula is C39H45NOS2Si. The topological polar surface area (TPSA) is 22.1 Å². The molecule has 0 amide bonds. The van der Waals surface area contributed by atoms with Crippen LogP contribution in [0.4, 0.5) is 0 Å². The zero-order chi connectivity index (χ0) is 31.6. The molecule has 1 heterocycles. The molecule has 0 N–H and O–H groups in total. The van der Waals surface area contributed by atoms with Crippen molar-refractivity contribution in [2.24, 2.45) is 0 Å². The number of nitrogens with zero attached hydrogens (tertiary/aromatic N) is 1. The third-order valence-electron chi connectivity index (χ3n) is 8.78. The van der Waals surface area contributed by atoms with Gasteiger partial charge >= 0.3 is 0 Å². The molecule has 4 aromatic carbocycles. The van der Waals surface area contributed by atoms with E-state index < -0.39 is 8.32 Å². The van der Waals surface area contributed by atoms with Crippen molar-refractivity contribution in [3.63, 3.8) is 0 Å². The largest absolute Gasteiger partial charge is 0.543 e. The van der Waals surface area contributed by atoms with Crippen LogP contribution in [0, 0.1) is 27.7 Å². The lowest BCUT2D eigenvalue weighted by atomic mass is 10.0. The fourth-order valence-electron chi connectivity index (χ4n) is 4.91. The van der Waals surface area contributed by atoms with Crippen molar-refractivity contribution < 1.29 is 4.43 Å². The number of aryl methyl sites for hydroxylation is 4. The van der Waals surface area contributed by atoms with Gasteiger partial charge in [-0.3, -0.25) is 0 Å². The summed E-state index contributed by atoms with van der Waals surface area (Å²) < 4.78 is 6.69. The molecule has 0 saturated heterocycles. The monoisotopic (exact) mass is 635 g/mol. The molecule has 1 atom stereocenters. The minimum atomic E-state index is -1.92. The van der Waals surface area contributed by atoms with Crippen LogP contribution in [0.25, 0.3) is 21.7 Å². The Bertz CT molecular complexity index is 1710. The van der Waals surface area contributed by atoms with Gasteiger partial charge in [0.1, 0.15) is 10.8 Å². The predicted octanol–water partition coefficient (Wildman–Crippen LogP) is 12.2. The third kappa shape index (κ3) is 7.56. The van der Waals surface area contributed by atoms with E-state index in [1.807, 2.05) is 23.1 Å². The van der Waals surface area contributed by atoms with Crippen LogP contribution in [-0.4, -0.2) is 13.3 Å². The van der Waals surface area contributed by atoms with Gasteiger partial charge in [-0.05, 0) is 92.7 Å². The Morgan fingerprint density at radius 2 is 1.30 bits per heavy atom. The van der Waals surface area contributed by atoms with Gasteiger partial charge in [0.05, 0.1) is 5.69 Å². The fraction of sp³-hybridized carbons (Fsp3) is 0.308. The van der Waals surface area contributed by atoms with Gasteiger partial charge in [-0.1, -0.05) is 105 Å². The highest BCUT2D eigenvalue weighted by Gasteiger charge is 2.39. The van der Waals surface area contributed by atoms with Gasteiger partial charge in [0.2, 0.25) is 8.32 Å². The van der Waals surface area contributed by atoms with Gasteiger partial charge < -0.3 is 4.43 Å². The lowest BCUT2D eigenvalue weighted by Gasteiger charge is -2.37. The van der Waals surface area contributed by atoms with E-state index in [2.05, 4.69) is 153 Å². The van der Waals surface area contributed by atoms with Crippen LogP contribution in [0.1, 0.15) is 58.8 Å². The minimum Gasteiger partial charge on any atom is -0.543 e. The number of benzene rings is 4. The summed E-state index contributed by atoms with van der Waals surface area (Å²) >= 11 is 3.77. The highest BCUT2D eigenvalue weighted by Crippen LogP contribution is 2.45. The molecule has 0 aliphatic rings. The summed E-state index contributed by atoms with van der Waals surface area (Å²) in [5, 5.41) is 1.49. The maximum absolute atomic E-state index is 6.69. The standard InChI is InChI=1S/C39H45NOS2Si/c1-26-10-16-31(17-11-26)32-20-14-30(15-21-32)25-36(37-29(4)40-38(43-37)33-18-12-27(2)13-19-33)42-34-22-23-35(28(3)24-34)41-44(8,9)39(5,6)7/h10-24,36H,25H2,1-9H3. The number of hydrogen-bond acceptors (Lipinski definition) is 4. The van der Waals surface area contributed by atoms with Crippen molar-refractivity contribution in [3.8, 4) is 27.4 Å². The second-order valence-corrected chi connectivity index (χ2v) is 20.5. The predicted molar refractivity (Wildman–Crippen MR) is 195 cm³/mol. The van der Waals surface area contributed by atoms with Gasteiger partial charge in [0, 0.05) is 20.6 Å². The van der Waals surface area contributed by atoms with Crippen molar-refractivity contribution in [3.05, 3.63) is 124 Å². The van der Waals surface area contributed by atoms with Crippen molar-refractivity contribution >= 4 is 31.4 Å². The van der Waals surface area contributed by atoms with Crippen LogP contribution in [0.5, 0.6) is 5.75 Å². The quantitative estimate of drug-likeness (QED) is 0.119. The molecule has 0 fully saturated rings. The second kappa shape index (κ2) is 13.1. The van der Waals surface area contributed by atoms with Gasteiger partial charge in [-0.25, -0.2) is 4.98 Å². The summed E-state index contributed by atoms with van der Waals surface area (Å²) in [7, 11) is -1.92. The Balaban J connectivity index is 1.45. The molecule has 0 radical (unpaired) electrons. The van der Waals surface area contributed by atoms with E-state index in [4.69, 9.17) is 9.41 Å². The molecule has 1 aromatic heterocycles. The number of thiazole rings is 1. The third-order valence-corrected chi connectivity index (χ3v) is 15.8. The van der Waals surface area contributed by atoms with E-state index in [-0.39, 0.29) is 10.3 Å². The van der Waals surface area contributed by atoms with Gasteiger partial charge in [0.25, 0.3) is 0 Å². The van der Waals surface area contributed by atoms with Crippen LogP contribution in [0.3, 0.4) is 0 Å². The molecule has 0 bridgehead atoms. The molecule has 5 aromatic rings. The normalized spacial score (nSPS) is 12.8. The number of hydrogen-bond donors (Lipinski definition) is 0. The zero-order valence-electron chi connectivity index (χ0n) is 27.6. The number of thioether (sulfide) groups is 1. The first kappa shape index (κ1) is 32.3. The average molecular weight is 636 g/mol. The molecule has 0 aliphatic carbocycles. The first-order valence-electron chi connectivity index (χ1n) is 15.5. The van der Waals surface area contributed by atoms with E-state index in [0.29, 0.717) is 0 Å². The van der Waals surface area contributed by atoms with Gasteiger partial charge in [0.15, 0.2) is 0 Å². The van der Waals surface area contributed by atoms with E-state index in [9.17, 15) is 0 Å².